The summed E-state index contributed by atoms with van der Waals surface area (Å²) >= 11 is 0. The van der Waals surface area contributed by atoms with E-state index >= 15 is 0 Å². The zero-order valence-corrected chi connectivity index (χ0v) is 10.2. The minimum absolute atomic E-state index is 0.0767. The lowest BCUT2D eigenvalue weighted by atomic mass is 9.96. The second-order valence-corrected chi connectivity index (χ2v) is 4.52. The Labute approximate surface area is 105 Å². The fourth-order valence-corrected chi connectivity index (χ4v) is 2.21. The first-order valence-electron chi connectivity index (χ1n) is 6.13. The Morgan fingerprint density at radius 1 is 1.44 bits per heavy atom. The molecule has 7 nitrogen and oxygen atoms in total. The van der Waals surface area contributed by atoms with Crippen LogP contribution in [0.2, 0.25) is 0 Å². The number of carbonyl (C=O) groups is 1. The molecule has 3 N–H and O–H groups in total. The SMILES string of the molecule is CCCC(=O)N[C@H]1C(O)O[C@@H]2COCO[C@H]2[C@@H]1O. The van der Waals surface area contributed by atoms with Gasteiger partial charge in [-0.25, -0.2) is 0 Å². The topological polar surface area (TPSA) is 97.3 Å². The highest BCUT2D eigenvalue weighted by molar-refractivity contribution is 5.76. The van der Waals surface area contributed by atoms with Crippen molar-refractivity contribution in [2.45, 2.75) is 50.4 Å². The predicted molar refractivity (Wildman–Crippen MR) is 59.4 cm³/mol. The second-order valence-electron chi connectivity index (χ2n) is 4.52. The standard InChI is InChI=1S/C11H19NO6/c1-2-3-7(13)12-8-9(14)10-6(18-11(8)15)4-16-5-17-10/h6,8-11,14-15H,2-5H2,1H3,(H,12,13)/t6-,8-,9-,10-,11?/m1/s1. The molecule has 1 unspecified atom stereocenters. The van der Waals surface area contributed by atoms with Crippen LogP contribution in [0.5, 0.6) is 0 Å². The highest BCUT2D eigenvalue weighted by Crippen LogP contribution is 2.25. The molecule has 2 saturated heterocycles. The first-order valence-corrected chi connectivity index (χ1v) is 6.13. The van der Waals surface area contributed by atoms with Crippen LogP contribution in [-0.4, -0.2) is 60.2 Å². The van der Waals surface area contributed by atoms with Crippen molar-refractivity contribution in [3.63, 3.8) is 0 Å². The summed E-state index contributed by atoms with van der Waals surface area (Å²) in [6.07, 6.45) is -2.33. The molecular formula is C11H19NO6. The summed E-state index contributed by atoms with van der Waals surface area (Å²) in [6.45, 7) is 2.21. The van der Waals surface area contributed by atoms with Crippen LogP contribution in [0.3, 0.4) is 0 Å². The van der Waals surface area contributed by atoms with Crippen LogP contribution in [-0.2, 0) is 19.0 Å². The predicted octanol–water partition coefficient (Wildman–Crippen LogP) is -1.28. The van der Waals surface area contributed by atoms with Gasteiger partial charge in [-0.15, -0.1) is 0 Å². The van der Waals surface area contributed by atoms with E-state index in [4.69, 9.17) is 14.2 Å². The van der Waals surface area contributed by atoms with Gasteiger partial charge in [0, 0.05) is 6.42 Å². The molecule has 0 saturated carbocycles. The van der Waals surface area contributed by atoms with E-state index in [1.807, 2.05) is 6.92 Å². The Balaban J connectivity index is 1.99. The quantitative estimate of drug-likeness (QED) is 0.585. The van der Waals surface area contributed by atoms with Gasteiger partial charge in [0.2, 0.25) is 5.91 Å². The molecule has 0 aliphatic carbocycles. The molecule has 2 rings (SSSR count). The lowest BCUT2D eigenvalue weighted by molar-refractivity contribution is -0.308. The maximum absolute atomic E-state index is 11.5. The number of hydrogen-bond acceptors (Lipinski definition) is 6. The van der Waals surface area contributed by atoms with E-state index in [0.717, 1.165) is 0 Å². The van der Waals surface area contributed by atoms with Gasteiger partial charge in [0.25, 0.3) is 0 Å². The van der Waals surface area contributed by atoms with E-state index < -0.39 is 30.6 Å². The fraction of sp³-hybridized carbons (Fsp3) is 0.909. The second kappa shape index (κ2) is 5.94. The number of amides is 1. The smallest absolute Gasteiger partial charge is 0.220 e. The molecular weight excluding hydrogens is 242 g/mol. The molecule has 7 heteroatoms. The Morgan fingerprint density at radius 3 is 2.94 bits per heavy atom. The molecule has 0 radical (unpaired) electrons. The van der Waals surface area contributed by atoms with Crippen LogP contribution in [0.15, 0.2) is 0 Å². The Bertz CT molecular complexity index is 299. The largest absolute Gasteiger partial charge is 0.388 e. The van der Waals surface area contributed by atoms with Gasteiger partial charge in [0.15, 0.2) is 6.29 Å². The number of carbonyl (C=O) groups excluding carboxylic acids is 1. The summed E-state index contributed by atoms with van der Waals surface area (Å²) in [5.41, 5.74) is 0. The fourth-order valence-electron chi connectivity index (χ4n) is 2.21. The number of fused-ring (bicyclic) bond motifs is 1. The lowest BCUT2D eigenvalue weighted by Gasteiger charge is -2.44. The van der Waals surface area contributed by atoms with Gasteiger partial charge >= 0.3 is 0 Å². The minimum atomic E-state index is -1.26. The Kier molecular flexibility index (Phi) is 4.52. The minimum Gasteiger partial charge on any atom is -0.388 e. The van der Waals surface area contributed by atoms with Gasteiger partial charge in [-0.3, -0.25) is 4.79 Å². The van der Waals surface area contributed by atoms with Crippen molar-refractivity contribution in [3.8, 4) is 0 Å². The maximum Gasteiger partial charge on any atom is 0.220 e. The van der Waals surface area contributed by atoms with Crippen molar-refractivity contribution in [1.29, 1.82) is 0 Å². The van der Waals surface area contributed by atoms with Crippen LogP contribution in [0.1, 0.15) is 19.8 Å². The Hall–Kier alpha value is -0.730. The summed E-state index contributed by atoms with van der Waals surface area (Å²) in [5, 5.41) is 22.5. The van der Waals surface area contributed by atoms with E-state index in [9.17, 15) is 15.0 Å². The van der Waals surface area contributed by atoms with Crippen molar-refractivity contribution in [3.05, 3.63) is 0 Å². The first-order chi connectivity index (χ1) is 8.63. The molecule has 2 aliphatic heterocycles. The van der Waals surface area contributed by atoms with Gasteiger partial charge in [-0.2, -0.15) is 0 Å². The van der Waals surface area contributed by atoms with Crippen LogP contribution in [0.25, 0.3) is 0 Å². The highest BCUT2D eigenvalue weighted by atomic mass is 16.7. The molecule has 18 heavy (non-hydrogen) atoms. The van der Waals surface area contributed by atoms with Crippen molar-refractivity contribution in [2.75, 3.05) is 13.4 Å². The zero-order chi connectivity index (χ0) is 13.1. The molecule has 5 atom stereocenters. The van der Waals surface area contributed by atoms with Crippen LogP contribution >= 0.6 is 0 Å². The van der Waals surface area contributed by atoms with Gasteiger partial charge in [-0.05, 0) is 6.42 Å². The van der Waals surface area contributed by atoms with E-state index in [0.29, 0.717) is 12.8 Å². The molecule has 104 valence electrons. The van der Waals surface area contributed by atoms with Gasteiger partial charge in [-0.1, -0.05) is 6.92 Å². The third kappa shape index (κ3) is 2.81. The van der Waals surface area contributed by atoms with E-state index in [1.54, 1.807) is 0 Å². The third-order valence-corrected chi connectivity index (χ3v) is 3.12. The number of ether oxygens (including phenoxy) is 3. The number of hydrogen-bond donors (Lipinski definition) is 3. The number of aliphatic hydroxyl groups excluding tert-OH is 2. The average Bonchev–Trinajstić information content (AvgIpc) is 2.35. The van der Waals surface area contributed by atoms with Gasteiger partial charge in [0.1, 0.15) is 31.1 Å². The van der Waals surface area contributed by atoms with E-state index in [-0.39, 0.29) is 19.3 Å². The van der Waals surface area contributed by atoms with Crippen LogP contribution in [0, 0.1) is 0 Å². The lowest BCUT2D eigenvalue weighted by Crippen LogP contribution is -2.66. The van der Waals surface area contributed by atoms with Crippen molar-refractivity contribution in [2.24, 2.45) is 0 Å². The first kappa shape index (κ1) is 13.7. The molecule has 2 fully saturated rings. The summed E-state index contributed by atoms with van der Waals surface area (Å²) in [7, 11) is 0. The molecule has 0 aromatic rings. The molecule has 0 bridgehead atoms. The molecule has 0 spiro atoms. The highest BCUT2D eigenvalue weighted by Gasteiger charge is 2.47. The third-order valence-electron chi connectivity index (χ3n) is 3.12. The summed E-state index contributed by atoms with van der Waals surface area (Å²) in [5.74, 6) is -0.227. The zero-order valence-electron chi connectivity index (χ0n) is 10.2. The molecule has 2 aliphatic rings. The number of nitrogens with one attached hydrogen (secondary N) is 1. The molecule has 1 amide bonds. The number of aliphatic hydroxyl groups is 2. The average molecular weight is 261 g/mol. The van der Waals surface area contributed by atoms with Crippen molar-refractivity contribution in [1.82, 2.24) is 5.32 Å². The number of rotatable bonds is 3. The maximum atomic E-state index is 11.5. The molecule has 2 heterocycles. The summed E-state index contributed by atoms with van der Waals surface area (Å²) in [6, 6.07) is -0.872. The molecule has 0 aromatic carbocycles. The van der Waals surface area contributed by atoms with Gasteiger partial charge in [0.05, 0.1) is 6.61 Å². The van der Waals surface area contributed by atoms with Crippen LogP contribution in [0.4, 0.5) is 0 Å². The van der Waals surface area contributed by atoms with E-state index in [2.05, 4.69) is 5.32 Å². The van der Waals surface area contributed by atoms with Crippen molar-refractivity contribution < 1.29 is 29.2 Å². The van der Waals surface area contributed by atoms with Crippen molar-refractivity contribution >= 4 is 5.91 Å². The summed E-state index contributed by atoms with van der Waals surface area (Å²) < 4.78 is 15.6. The molecule has 0 aromatic heterocycles. The summed E-state index contributed by atoms with van der Waals surface area (Å²) in [4.78, 5) is 11.5. The van der Waals surface area contributed by atoms with E-state index in [1.165, 1.54) is 0 Å². The Morgan fingerprint density at radius 2 is 2.22 bits per heavy atom. The normalized spacial score (nSPS) is 40.1. The van der Waals surface area contributed by atoms with Crippen LogP contribution < -0.4 is 5.32 Å². The monoisotopic (exact) mass is 261 g/mol. The van der Waals surface area contributed by atoms with Gasteiger partial charge < -0.3 is 29.7 Å².